The molecular formula is C14H15F3N4O. The van der Waals surface area contributed by atoms with Gasteiger partial charge in [0.15, 0.2) is 0 Å². The Hall–Kier alpha value is -2.35. The predicted molar refractivity (Wildman–Crippen MR) is 73.7 cm³/mol. The average molecular weight is 312 g/mol. The van der Waals surface area contributed by atoms with E-state index in [1.807, 2.05) is 0 Å². The number of rotatable bonds is 4. The van der Waals surface area contributed by atoms with Crippen LogP contribution >= 0.6 is 0 Å². The fraction of sp³-hybridized carbons (Fsp3) is 0.286. The highest BCUT2D eigenvalue weighted by Gasteiger charge is 2.30. The summed E-state index contributed by atoms with van der Waals surface area (Å²) in [5.74, 6) is -0.395. The third kappa shape index (κ3) is 3.64. The van der Waals surface area contributed by atoms with Gasteiger partial charge in [0, 0.05) is 25.8 Å². The molecule has 0 unspecified atom stereocenters. The van der Waals surface area contributed by atoms with Gasteiger partial charge in [-0.3, -0.25) is 9.89 Å². The molecule has 0 aliphatic carbocycles. The number of alkyl halides is 3. The Morgan fingerprint density at radius 1 is 1.36 bits per heavy atom. The maximum absolute atomic E-state index is 12.7. The number of nitrogens with one attached hydrogen (secondary N) is 1. The number of H-pyrrole nitrogens is 1. The normalized spacial score (nSPS) is 11.5. The van der Waals surface area contributed by atoms with Crippen LogP contribution in [-0.2, 0) is 19.3 Å². The number of halogens is 3. The molecular weight excluding hydrogens is 297 g/mol. The minimum Gasteiger partial charge on any atom is -0.336 e. The molecule has 118 valence electrons. The van der Waals surface area contributed by atoms with Crippen LogP contribution in [0.3, 0.4) is 0 Å². The lowest BCUT2D eigenvalue weighted by molar-refractivity contribution is -0.137. The Balaban J connectivity index is 2.11. The molecule has 0 saturated heterocycles. The van der Waals surface area contributed by atoms with Gasteiger partial charge in [0.25, 0.3) is 5.91 Å². The van der Waals surface area contributed by atoms with Crippen molar-refractivity contribution < 1.29 is 18.0 Å². The minimum atomic E-state index is -4.41. The van der Waals surface area contributed by atoms with E-state index in [-0.39, 0.29) is 18.8 Å². The van der Waals surface area contributed by atoms with Crippen LogP contribution in [0.4, 0.5) is 13.2 Å². The quantitative estimate of drug-likeness (QED) is 0.908. The summed E-state index contributed by atoms with van der Waals surface area (Å²) in [7, 11) is 1.50. The number of nitrogens with zero attached hydrogens (tertiary/aromatic N) is 2. The fourth-order valence-electron chi connectivity index (χ4n) is 1.96. The summed E-state index contributed by atoms with van der Waals surface area (Å²) in [6.07, 6.45) is -4.41. The lowest BCUT2D eigenvalue weighted by Gasteiger charge is -2.17. The number of aromatic amines is 1. The van der Waals surface area contributed by atoms with Crippen LogP contribution in [-0.4, -0.2) is 28.1 Å². The molecule has 0 aliphatic rings. The summed E-state index contributed by atoms with van der Waals surface area (Å²) >= 11 is 0. The van der Waals surface area contributed by atoms with Gasteiger partial charge in [-0.15, -0.1) is 0 Å². The smallest absolute Gasteiger partial charge is 0.336 e. The summed E-state index contributed by atoms with van der Waals surface area (Å²) in [4.78, 5) is 13.4. The van der Waals surface area contributed by atoms with E-state index in [4.69, 9.17) is 5.73 Å². The molecule has 0 radical (unpaired) electrons. The number of aromatic nitrogens is 2. The van der Waals surface area contributed by atoms with E-state index in [1.165, 1.54) is 30.1 Å². The monoisotopic (exact) mass is 312 g/mol. The largest absolute Gasteiger partial charge is 0.416 e. The van der Waals surface area contributed by atoms with Crippen molar-refractivity contribution in [2.24, 2.45) is 5.73 Å². The second kappa shape index (κ2) is 6.18. The zero-order valence-electron chi connectivity index (χ0n) is 11.8. The van der Waals surface area contributed by atoms with Crippen LogP contribution in [0.25, 0.3) is 0 Å². The lowest BCUT2D eigenvalue weighted by atomic mass is 10.1. The zero-order valence-corrected chi connectivity index (χ0v) is 11.8. The fourth-order valence-corrected chi connectivity index (χ4v) is 1.96. The summed E-state index contributed by atoms with van der Waals surface area (Å²) in [5.41, 5.74) is 5.85. The SMILES string of the molecule is CN(Cc1cccc(C(F)(F)F)c1)C(=O)c1cc(CN)[nH]n1. The zero-order chi connectivity index (χ0) is 16.3. The van der Waals surface area contributed by atoms with Gasteiger partial charge in [-0.1, -0.05) is 12.1 Å². The summed E-state index contributed by atoms with van der Waals surface area (Å²) in [5, 5.41) is 6.44. The molecule has 0 fully saturated rings. The Morgan fingerprint density at radius 3 is 2.68 bits per heavy atom. The van der Waals surface area contributed by atoms with E-state index in [9.17, 15) is 18.0 Å². The molecule has 1 heterocycles. The van der Waals surface area contributed by atoms with Crippen molar-refractivity contribution >= 4 is 5.91 Å². The van der Waals surface area contributed by atoms with Gasteiger partial charge in [0.1, 0.15) is 5.69 Å². The predicted octanol–water partition coefficient (Wildman–Crippen LogP) is 2.16. The number of amides is 1. The Morgan fingerprint density at radius 2 is 2.09 bits per heavy atom. The van der Waals surface area contributed by atoms with Gasteiger partial charge in [0.05, 0.1) is 5.56 Å². The first-order valence-corrected chi connectivity index (χ1v) is 6.47. The van der Waals surface area contributed by atoms with Crippen LogP contribution in [0.2, 0.25) is 0 Å². The van der Waals surface area contributed by atoms with E-state index in [0.29, 0.717) is 11.3 Å². The van der Waals surface area contributed by atoms with Gasteiger partial charge in [-0.05, 0) is 23.8 Å². The third-order valence-electron chi connectivity index (χ3n) is 3.09. The maximum atomic E-state index is 12.7. The van der Waals surface area contributed by atoms with Crippen molar-refractivity contribution in [2.45, 2.75) is 19.3 Å². The Bertz CT molecular complexity index is 666. The van der Waals surface area contributed by atoms with E-state index in [1.54, 1.807) is 0 Å². The molecule has 0 saturated carbocycles. The van der Waals surface area contributed by atoms with E-state index >= 15 is 0 Å². The van der Waals surface area contributed by atoms with Crippen LogP contribution in [0.1, 0.15) is 27.3 Å². The van der Waals surface area contributed by atoms with Gasteiger partial charge in [-0.25, -0.2) is 0 Å². The molecule has 8 heteroatoms. The van der Waals surface area contributed by atoms with Gasteiger partial charge < -0.3 is 10.6 Å². The topological polar surface area (TPSA) is 75.0 Å². The highest BCUT2D eigenvalue weighted by atomic mass is 19.4. The molecule has 0 atom stereocenters. The molecule has 22 heavy (non-hydrogen) atoms. The molecule has 0 aliphatic heterocycles. The number of nitrogens with two attached hydrogens (primary N) is 1. The van der Waals surface area contributed by atoms with Crippen molar-refractivity contribution in [3.05, 3.63) is 52.8 Å². The number of hydrogen-bond donors (Lipinski definition) is 2. The average Bonchev–Trinajstić information content (AvgIpc) is 2.94. The van der Waals surface area contributed by atoms with E-state index in [0.717, 1.165) is 12.1 Å². The van der Waals surface area contributed by atoms with Gasteiger partial charge >= 0.3 is 6.18 Å². The Labute approximate surface area is 124 Å². The second-order valence-corrected chi connectivity index (χ2v) is 4.84. The van der Waals surface area contributed by atoms with Crippen molar-refractivity contribution in [1.82, 2.24) is 15.1 Å². The molecule has 5 nitrogen and oxygen atoms in total. The van der Waals surface area contributed by atoms with Crippen molar-refractivity contribution in [3.8, 4) is 0 Å². The summed E-state index contributed by atoms with van der Waals surface area (Å²) in [6, 6.07) is 6.39. The molecule has 1 amide bonds. The molecule has 0 spiro atoms. The van der Waals surface area contributed by atoms with Crippen LogP contribution in [0, 0.1) is 0 Å². The molecule has 3 N–H and O–H groups in total. The lowest BCUT2D eigenvalue weighted by Crippen LogP contribution is -2.26. The van der Waals surface area contributed by atoms with Gasteiger partial charge in [0.2, 0.25) is 0 Å². The molecule has 2 aromatic rings. The van der Waals surface area contributed by atoms with Crippen LogP contribution < -0.4 is 5.73 Å². The highest BCUT2D eigenvalue weighted by Crippen LogP contribution is 2.29. The van der Waals surface area contributed by atoms with Crippen LogP contribution in [0.5, 0.6) is 0 Å². The first-order valence-electron chi connectivity index (χ1n) is 6.47. The highest BCUT2D eigenvalue weighted by molar-refractivity contribution is 5.92. The van der Waals surface area contributed by atoms with E-state index < -0.39 is 17.6 Å². The minimum absolute atomic E-state index is 0.0492. The standard InChI is InChI=1S/C14H15F3N4O/c1-21(13(22)12-6-11(7-18)19-20-12)8-9-3-2-4-10(5-9)14(15,16)17/h2-6H,7-8,18H2,1H3,(H,19,20). The van der Waals surface area contributed by atoms with E-state index in [2.05, 4.69) is 10.2 Å². The molecule has 0 bridgehead atoms. The number of carbonyl (C=O) groups is 1. The maximum Gasteiger partial charge on any atom is 0.416 e. The second-order valence-electron chi connectivity index (χ2n) is 4.84. The van der Waals surface area contributed by atoms with Crippen molar-refractivity contribution in [2.75, 3.05) is 7.05 Å². The van der Waals surface area contributed by atoms with Crippen molar-refractivity contribution in [3.63, 3.8) is 0 Å². The summed E-state index contributed by atoms with van der Waals surface area (Å²) < 4.78 is 38.0. The Kier molecular flexibility index (Phi) is 4.51. The first-order chi connectivity index (χ1) is 10.3. The number of hydrogen-bond acceptors (Lipinski definition) is 3. The number of carbonyl (C=O) groups excluding carboxylic acids is 1. The third-order valence-corrected chi connectivity index (χ3v) is 3.09. The first kappa shape index (κ1) is 16.0. The van der Waals surface area contributed by atoms with Gasteiger partial charge in [-0.2, -0.15) is 18.3 Å². The molecule has 1 aromatic heterocycles. The van der Waals surface area contributed by atoms with Crippen LogP contribution in [0.15, 0.2) is 30.3 Å². The van der Waals surface area contributed by atoms with Crippen molar-refractivity contribution in [1.29, 1.82) is 0 Å². The molecule has 2 rings (SSSR count). The molecule has 1 aromatic carbocycles. The summed E-state index contributed by atoms with van der Waals surface area (Å²) in [6.45, 7) is 0.269. The number of benzene rings is 1.